The molecule has 19 heavy (non-hydrogen) atoms. The molecule has 0 saturated heterocycles. The van der Waals surface area contributed by atoms with Crippen LogP contribution < -0.4 is 11.1 Å². The van der Waals surface area contributed by atoms with Gasteiger partial charge < -0.3 is 11.1 Å². The highest BCUT2D eigenvalue weighted by molar-refractivity contribution is 14.0. The van der Waals surface area contributed by atoms with Crippen molar-refractivity contribution < 1.29 is 0 Å². The van der Waals surface area contributed by atoms with Crippen LogP contribution in [0.3, 0.4) is 0 Å². The van der Waals surface area contributed by atoms with Crippen LogP contribution in [0.5, 0.6) is 0 Å². The number of nitrogens with one attached hydrogen (secondary N) is 1. The molecule has 0 unspecified atom stereocenters. The summed E-state index contributed by atoms with van der Waals surface area (Å²) in [4.78, 5) is 4.50. The van der Waals surface area contributed by atoms with E-state index in [-0.39, 0.29) is 24.0 Å². The molecule has 3 N–H and O–H groups in total. The van der Waals surface area contributed by atoms with Gasteiger partial charge in [0, 0.05) is 12.2 Å². The van der Waals surface area contributed by atoms with Crippen LogP contribution in [-0.4, -0.2) is 12.5 Å². The predicted molar refractivity (Wildman–Crippen MR) is 93.3 cm³/mol. The van der Waals surface area contributed by atoms with Gasteiger partial charge in [-0.15, -0.1) is 24.0 Å². The molecule has 106 valence electrons. The summed E-state index contributed by atoms with van der Waals surface area (Å²) >= 11 is 0. The van der Waals surface area contributed by atoms with Crippen LogP contribution >= 0.6 is 24.0 Å². The number of anilines is 1. The molecule has 1 saturated carbocycles. The molecule has 0 amide bonds. The molecule has 0 heterocycles. The number of nitrogens with two attached hydrogens (primary N) is 1. The first-order valence-electron chi connectivity index (χ1n) is 6.77. The fourth-order valence-corrected chi connectivity index (χ4v) is 2.46. The van der Waals surface area contributed by atoms with E-state index in [1.807, 2.05) is 12.1 Å². The van der Waals surface area contributed by atoms with Crippen molar-refractivity contribution in [2.75, 3.05) is 11.9 Å². The molecule has 1 aromatic carbocycles. The standard InChI is InChI=1S/C15H23N3.HI/c1-3-15(8-5-9-15)11-17-14(16)18-13-7-4-6-12(2)10-13;/h4,6-7,10H,3,5,8-9,11H2,1-2H3,(H3,16,17,18);1H. The second-order valence-corrected chi connectivity index (χ2v) is 5.40. The van der Waals surface area contributed by atoms with Crippen LogP contribution in [0.4, 0.5) is 5.69 Å². The van der Waals surface area contributed by atoms with Crippen molar-refractivity contribution in [1.29, 1.82) is 0 Å². The summed E-state index contributed by atoms with van der Waals surface area (Å²) in [6.45, 7) is 5.17. The van der Waals surface area contributed by atoms with Crippen LogP contribution in [-0.2, 0) is 0 Å². The maximum absolute atomic E-state index is 5.94. The summed E-state index contributed by atoms with van der Waals surface area (Å²) in [5, 5.41) is 3.16. The van der Waals surface area contributed by atoms with E-state index in [1.165, 1.54) is 31.2 Å². The Morgan fingerprint density at radius 3 is 2.68 bits per heavy atom. The second-order valence-electron chi connectivity index (χ2n) is 5.40. The molecule has 0 spiro atoms. The Kier molecular flexibility index (Phi) is 6.10. The van der Waals surface area contributed by atoms with E-state index in [1.54, 1.807) is 0 Å². The largest absolute Gasteiger partial charge is 0.370 e. The van der Waals surface area contributed by atoms with E-state index in [0.717, 1.165) is 12.2 Å². The zero-order chi connectivity index (χ0) is 13.0. The topological polar surface area (TPSA) is 50.4 Å². The maximum atomic E-state index is 5.94. The third-order valence-electron chi connectivity index (χ3n) is 4.04. The van der Waals surface area contributed by atoms with Crippen molar-refractivity contribution in [3.63, 3.8) is 0 Å². The SMILES string of the molecule is CCC1(CN=C(N)Nc2cccc(C)c2)CCC1.I. The lowest BCUT2D eigenvalue weighted by molar-refractivity contribution is 0.139. The minimum atomic E-state index is 0. The number of hydrogen-bond acceptors (Lipinski definition) is 1. The van der Waals surface area contributed by atoms with Crippen LogP contribution in [0.25, 0.3) is 0 Å². The van der Waals surface area contributed by atoms with E-state index in [2.05, 4.69) is 36.3 Å². The van der Waals surface area contributed by atoms with Gasteiger partial charge in [-0.25, -0.2) is 0 Å². The van der Waals surface area contributed by atoms with Crippen LogP contribution in [0.2, 0.25) is 0 Å². The van der Waals surface area contributed by atoms with Gasteiger partial charge >= 0.3 is 0 Å². The normalized spacial score (nSPS) is 17.3. The highest BCUT2D eigenvalue weighted by Crippen LogP contribution is 2.43. The average Bonchev–Trinajstić information content (AvgIpc) is 2.28. The summed E-state index contributed by atoms with van der Waals surface area (Å²) < 4.78 is 0. The first-order valence-corrected chi connectivity index (χ1v) is 6.77. The molecule has 0 aliphatic heterocycles. The molecule has 2 rings (SSSR count). The van der Waals surface area contributed by atoms with Gasteiger partial charge in [0.15, 0.2) is 5.96 Å². The van der Waals surface area contributed by atoms with Gasteiger partial charge in [0.25, 0.3) is 0 Å². The minimum Gasteiger partial charge on any atom is -0.370 e. The third-order valence-corrected chi connectivity index (χ3v) is 4.04. The van der Waals surface area contributed by atoms with Crippen molar-refractivity contribution in [2.45, 2.75) is 39.5 Å². The second kappa shape index (κ2) is 7.12. The van der Waals surface area contributed by atoms with Crippen molar-refractivity contribution in [3.05, 3.63) is 29.8 Å². The number of guanidine groups is 1. The van der Waals surface area contributed by atoms with E-state index < -0.39 is 0 Å². The lowest BCUT2D eigenvalue weighted by Gasteiger charge is -2.40. The Hall–Kier alpha value is -0.780. The first kappa shape index (κ1) is 16.3. The Balaban J connectivity index is 0.00000180. The van der Waals surface area contributed by atoms with Gasteiger partial charge in [0.2, 0.25) is 0 Å². The molecular weight excluding hydrogens is 349 g/mol. The van der Waals surface area contributed by atoms with Gasteiger partial charge in [-0.05, 0) is 49.3 Å². The molecule has 0 atom stereocenters. The third kappa shape index (κ3) is 4.37. The van der Waals surface area contributed by atoms with Crippen molar-refractivity contribution >= 4 is 35.6 Å². The van der Waals surface area contributed by atoms with Crippen LogP contribution in [0.15, 0.2) is 29.3 Å². The lowest BCUT2D eigenvalue weighted by atomic mass is 9.67. The fourth-order valence-electron chi connectivity index (χ4n) is 2.46. The van der Waals surface area contributed by atoms with Crippen LogP contribution in [0.1, 0.15) is 38.2 Å². The predicted octanol–water partition coefficient (Wildman–Crippen LogP) is 3.92. The number of nitrogens with zero attached hydrogens (tertiary/aromatic N) is 1. The Labute approximate surface area is 133 Å². The lowest BCUT2D eigenvalue weighted by Crippen LogP contribution is -2.33. The number of halogens is 1. The van der Waals surface area contributed by atoms with E-state index in [0.29, 0.717) is 11.4 Å². The molecule has 1 fully saturated rings. The van der Waals surface area contributed by atoms with Gasteiger partial charge in [-0.1, -0.05) is 25.5 Å². The van der Waals surface area contributed by atoms with Crippen molar-refractivity contribution in [3.8, 4) is 0 Å². The Bertz CT molecular complexity index is 433. The number of benzene rings is 1. The van der Waals surface area contributed by atoms with Crippen LogP contribution in [0, 0.1) is 12.3 Å². The molecule has 3 nitrogen and oxygen atoms in total. The molecule has 1 aromatic rings. The highest BCUT2D eigenvalue weighted by Gasteiger charge is 2.34. The molecule has 1 aliphatic rings. The summed E-state index contributed by atoms with van der Waals surface area (Å²) in [7, 11) is 0. The summed E-state index contributed by atoms with van der Waals surface area (Å²) in [6, 6.07) is 8.17. The first-order chi connectivity index (χ1) is 8.63. The monoisotopic (exact) mass is 373 g/mol. The smallest absolute Gasteiger partial charge is 0.193 e. The maximum Gasteiger partial charge on any atom is 0.193 e. The minimum absolute atomic E-state index is 0. The van der Waals surface area contributed by atoms with E-state index >= 15 is 0 Å². The van der Waals surface area contributed by atoms with Gasteiger partial charge in [0.1, 0.15) is 0 Å². The summed E-state index contributed by atoms with van der Waals surface area (Å²) in [5.41, 5.74) is 8.59. The van der Waals surface area contributed by atoms with E-state index in [4.69, 9.17) is 5.73 Å². The summed E-state index contributed by atoms with van der Waals surface area (Å²) in [6.07, 6.45) is 5.14. The fraction of sp³-hybridized carbons (Fsp3) is 0.533. The molecule has 1 aliphatic carbocycles. The number of aliphatic imine (C=N–C) groups is 1. The zero-order valence-electron chi connectivity index (χ0n) is 11.8. The molecule has 0 radical (unpaired) electrons. The summed E-state index contributed by atoms with van der Waals surface area (Å²) in [5.74, 6) is 0.528. The average molecular weight is 373 g/mol. The molecule has 0 aromatic heterocycles. The Morgan fingerprint density at radius 2 is 2.16 bits per heavy atom. The highest BCUT2D eigenvalue weighted by atomic mass is 127. The van der Waals surface area contributed by atoms with Gasteiger partial charge in [-0.2, -0.15) is 0 Å². The van der Waals surface area contributed by atoms with Gasteiger partial charge in [-0.3, -0.25) is 4.99 Å². The number of aryl methyl sites for hydroxylation is 1. The van der Waals surface area contributed by atoms with E-state index in [9.17, 15) is 0 Å². The van der Waals surface area contributed by atoms with Crippen molar-refractivity contribution in [2.24, 2.45) is 16.1 Å². The van der Waals surface area contributed by atoms with Crippen molar-refractivity contribution in [1.82, 2.24) is 0 Å². The molecular formula is C15H24IN3. The van der Waals surface area contributed by atoms with Gasteiger partial charge in [0.05, 0.1) is 0 Å². The number of rotatable bonds is 4. The quantitative estimate of drug-likeness (QED) is 0.478. The zero-order valence-corrected chi connectivity index (χ0v) is 14.1. The molecule has 0 bridgehead atoms. The number of hydrogen-bond donors (Lipinski definition) is 2. The Morgan fingerprint density at radius 1 is 1.42 bits per heavy atom. The molecule has 4 heteroatoms.